The molecule has 6 nitrogen and oxygen atoms in total. The summed E-state index contributed by atoms with van der Waals surface area (Å²) in [6.07, 6.45) is 4.96. The van der Waals surface area contributed by atoms with Gasteiger partial charge >= 0.3 is 0 Å². The van der Waals surface area contributed by atoms with E-state index in [1.807, 2.05) is 0 Å². The van der Waals surface area contributed by atoms with Crippen LogP contribution in [0.5, 0.6) is 0 Å². The van der Waals surface area contributed by atoms with Crippen LogP contribution in [-0.4, -0.2) is 27.0 Å². The Morgan fingerprint density at radius 2 is 2.19 bits per heavy atom. The van der Waals surface area contributed by atoms with E-state index in [1.165, 1.54) is 23.3 Å². The molecule has 0 bridgehead atoms. The van der Waals surface area contributed by atoms with Crippen LogP contribution in [0.4, 0.5) is 0 Å². The van der Waals surface area contributed by atoms with Crippen LogP contribution >= 0.6 is 0 Å². The molecule has 0 saturated heterocycles. The van der Waals surface area contributed by atoms with Gasteiger partial charge in [0, 0.05) is 18.0 Å². The average Bonchev–Trinajstić information content (AvgIpc) is 2.78. The highest BCUT2D eigenvalue weighted by Crippen LogP contribution is 2.05. The second kappa shape index (κ2) is 3.93. The number of aldehydes is 1. The van der Waals surface area contributed by atoms with Crippen molar-refractivity contribution in [3.63, 3.8) is 0 Å². The monoisotopic (exact) mass is 216 g/mol. The maximum absolute atomic E-state index is 10.8. The number of pyridine rings is 1. The van der Waals surface area contributed by atoms with Crippen molar-refractivity contribution in [1.29, 1.82) is 0 Å². The highest BCUT2D eigenvalue weighted by atomic mass is 16.1. The van der Waals surface area contributed by atoms with E-state index in [1.54, 1.807) is 12.1 Å². The fraction of sp³-hybridized carbons (Fsp3) is 0. The van der Waals surface area contributed by atoms with Crippen LogP contribution < -0.4 is 5.73 Å². The Morgan fingerprint density at radius 1 is 1.38 bits per heavy atom. The maximum Gasteiger partial charge on any atom is 0.251 e. The van der Waals surface area contributed by atoms with Crippen molar-refractivity contribution in [3.05, 3.63) is 41.9 Å². The summed E-state index contributed by atoms with van der Waals surface area (Å²) in [6.45, 7) is 0. The van der Waals surface area contributed by atoms with Crippen molar-refractivity contribution in [2.24, 2.45) is 5.73 Å². The van der Waals surface area contributed by atoms with Crippen LogP contribution in [0.2, 0.25) is 0 Å². The van der Waals surface area contributed by atoms with Gasteiger partial charge in [0.25, 0.3) is 5.91 Å². The molecular formula is C10H8N4O2. The van der Waals surface area contributed by atoms with E-state index in [2.05, 4.69) is 10.1 Å². The first-order chi connectivity index (χ1) is 7.70. The number of nitrogens with two attached hydrogens (primary N) is 1. The summed E-state index contributed by atoms with van der Waals surface area (Å²) < 4.78 is 1.41. The molecule has 0 aliphatic rings. The molecular weight excluding hydrogens is 208 g/mol. The number of aromatic nitrogens is 3. The first kappa shape index (κ1) is 10.0. The first-order valence-corrected chi connectivity index (χ1v) is 4.47. The molecule has 0 saturated carbocycles. The number of carbonyl (C=O) groups excluding carboxylic acids is 2. The van der Waals surface area contributed by atoms with E-state index in [-0.39, 0.29) is 0 Å². The van der Waals surface area contributed by atoms with Crippen LogP contribution in [-0.2, 0) is 0 Å². The van der Waals surface area contributed by atoms with Gasteiger partial charge in [0.1, 0.15) is 0 Å². The van der Waals surface area contributed by atoms with Gasteiger partial charge in [0.15, 0.2) is 12.1 Å². The van der Waals surface area contributed by atoms with E-state index in [4.69, 9.17) is 5.73 Å². The second-order valence-corrected chi connectivity index (χ2v) is 3.11. The lowest BCUT2D eigenvalue weighted by Crippen LogP contribution is -2.09. The number of carbonyl (C=O) groups is 2. The summed E-state index contributed by atoms with van der Waals surface area (Å²) in [6, 6.07) is 3.24. The van der Waals surface area contributed by atoms with Crippen LogP contribution in [0.3, 0.4) is 0 Å². The lowest BCUT2D eigenvalue weighted by Gasteiger charge is -1.98. The standard InChI is InChI=1S/C10H8N4O2/c11-10(16)8-4-13-14(5-8)9-2-1-7(6-15)3-12-9/h1-6H,(H2,11,16). The fourth-order valence-corrected chi connectivity index (χ4v) is 1.18. The summed E-state index contributed by atoms with van der Waals surface area (Å²) in [5.41, 5.74) is 5.88. The van der Waals surface area contributed by atoms with Crippen LogP contribution in [0.15, 0.2) is 30.7 Å². The molecule has 2 rings (SSSR count). The molecule has 2 heterocycles. The van der Waals surface area contributed by atoms with Crippen molar-refractivity contribution in [2.75, 3.05) is 0 Å². The van der Waals surface area contributed by atoms with Gasteiger partial charge in [-0.25, -0.2) is 9.67 Å². The van der Waals surface area contributed by atoms with Gasteiger partial charge in [-0.3, -0.25) is 9.59 Å². The van der Waals surface area contributed by atoms with Gasteiger partial charge in [-0.05, 0) is 12.1 Å². The number of hydrogen-bond donors (Lipinski definition) is 1. The minimum atomic E-state index is -0.546. The average molecular weight is 216 g/mol. The van der Waals surface area contributed by atoms with Gasteiger partial charge in [-0.1, -0.05) is 0 Å². The van der Waals surface area contributed by atoms with Crippen molar-refractivity contribution in [3.8, 4) is 5.82 Å². The number of nitrogens with zero attached hydrogens (tertiary/aromatic N) is 3. The summed E-state index contributed by atoms with van der Waals surface area (Å²) >= 11 is 0. The molecule has 0 unspecified atom stereocenters. The van der Waals surface area contributed by atoms with Crippen LogP contribution in [0.25, 0.3) is 5.82 Å². The van der Waals surface area contributed by atoms with Gasteiger partial charge in [0.2, 0.25) is 0 Å². The molecule has 2 aromatic heterocycles. The van der Waals surface area contributed by atoms with E-state index >= 15 is 0 Å². The fourth-order valence-electron chi connectivity index (χ4n) is 1.18. The third-order valence-corrected chi connectivity index (χ3v) is 2.01. The molecule has 0 atom stereocenters. The van der Waals surface area contributed by atoms with Gasteiger partial charge in [-0.2, -0.15) is 5.10 Å². The van der Waals surface area contributed by atoms with E-state index in [0.29, 0.717) is 23.2 Å². The molecule has 2 aromatic rings. The summed E-state index contributed by atoms with van der Waals surface area (Å²) in [5, 5.41) is 3.93. The third-order valence-electron chi connectivity index (χ3n) is 2.01. The molecule has 0 aromatic carbocycles. The number of rotatable bonds is 3. The summed E-state index contributed by atoms with van der Waals surface area (Å²) in [5.74, 6) is -0.0335. The van der Waals surface area contributed by atoms with E-state index in [0.717, 1.165) is 0 Å². The zero-order chi connectivity index (χ0) is 11.5. The molecule has 16 heavy (non-hydrogen) atoms. The van der Waals surface area contributed by atoms with Crippen LogP contribution in [0.1, 0.15) is 20.7 Å². The van der Waals surface area contributed by atoms with Gasteiger partial charge in [-0.15, -0.1) is 0 Å². The van der Waals surface area contributed by atoms with Crippen molar-refractivity contribution >= 4 is 12.2 Å². The zero-order valence-electron chi connectivity index (χ0n) is 8.20. The highest BCUT2D eigenvalue weighted by Gasteiger charge is 2.05. The van der Waals surface area contributed by atoms with Crippen molar-refractivity contribution in [2.45, 2.75) is 0 Å². The molecule has 6 heteroatoms. The Bertz CT molecular complexity index is 530. The van der Waals surface area contributed by atoms with E-state index < -0.39 is 5.91 Å². The molecule has 0 radical (unpaired) electrons. The van der Waals surface area contributed by atoms with Crippen molar-refractivity contribution in [1.82, 2.24) is 14.8 Å². The van der Waals surface area contributed by atoms with Gasteiger partial charge < -0.3 is 5.73 Å². The Morgan fingerprint density at radius 3 is 2.69 bits per heavy atom. The Labute approximate surface area is 90.7 Å². The molecule has 2 N–H and O–H groups in total. The largest absolute Gasteiger partial charge is 0.366 e. The normalized spacial score (nSPS) is 10.0. The summed E-state index contributed by atoms with van der Waals surface area (Å²) in [7, 11) is 0. The van der Waals surface area contributed by atoms with Gasteiger partial charge in [0.05, 0.1) is 11.8 Å². The number of primary amides is 1. The lowest BCUT2D eigenvalue weighted by molar-refractivity contribution is 0.1000. The molecule has 80 valence electrons. The zero-order valence-corrected chi connectivity index (χ0v) is 8.20. The quantitative estimate of drug-likeness (QED) is 0.741. The molecule has 0 aliphatic heterocycles. The SMILES string of the molecule is NC(=O)c1cnn(-c2ccc(C=O)cn2)c1. The third kappa shape index (κ3) is 1.81. The molecule has 0 spiro atoms. The predicted molar refractivity (Wildman–Crippen MR) is 55.3 cm³/mol. The molecule has 0 aliphatic carbocycles. The Balaban J connectivity index is 2.35. The smallest absolute Gasteiger partial charge is 0.251 e. The molecule has 0 fully saturated rings. The predicted octanol–water partition coefficient (Wildman–Crippen LogP) is 0.179. The highest BCUT2D eigenvalue weighted by molar-refractivity contribution is 5.92. The minimum absolute atomic E-state index is 0.307. The lowest BCUT2D eigenvalue weighted by atomic mass is 10.3. The topological polar surface area (TPSA) is 90.9 Å². The van der Waals surface area contributed by atoms with E-state index in [9.17, 15) is 9.59 Å². The number of hydrogen-bond acceptors (Lipinski definition) is 4. The van der Waals surface area contributed by atoms with Crippen LogP contribution in [0, 0.1) is 0 Å². The number of amides is 1. The maximum atomic E-state index is 10.8. The van der Waals surface area contributed by atoms with Crippen molar-refractivity contribution < 1.29 is 9.59 Å². The summed E-state index contributed by atoms with van der Waals surface area (Å²) in [4.78, 5) is 25.3. The molecule has 1 amide bonds. The Hall–Kier alpha value is -2.50. The Kier molecular flexibility index (Phi) is 2.47. The first-order valence-electron chi connectivity index (χ1n) is 4.47. The second-order valence-electron chi connectivity index (χ2n) is 3.11. The minimum Gasteiger partial charge on any atom is -0.366 e.